The zero-order valence-corrected chi connectivity index (χ0v) is 16.5. The van der Waals surface area contributed by atoms with E-state index in [1.54, 1.807) is 11.3 Å². The fourth-order valence-corrected chi connectivity index (χ4v) is 3.22. The molecule has 7 heteroatoms. The molecule has 2 N–H and O–H groups in total. The van der Waals surface area contributed by atoms with Gasteiger partial charge in [0.05, 0.1) is 6.54 Å². The SMILES string of the molecule is CN(C(N)=NCc1nc(-c2cc3ccccc3o2)cs1)C1CC1.I. The molecular weight excluding hydrogens is 435 g/mol. The van der Waals surface area contributed by atoms with E-state index in [0.29, 0.717) is 18.5 Å². The molecule has 0 unspecified atom stereocenters. The first-order chi connectivity index (χ1) is 11.2. The van der Waals surface area contributed by atoms with Gasteiger partial charge in [-0.25, -0.2) is 9.98 Å². The van der Waals surface area contributed by atoms with E-state index in [1.807, 2.05) is 47.7 Å². The Balaban J connectivity index is 0.00000169. The lowest BCUT2D eigenvalue weighted by molar-refractivity contribution is 0.487. The molecule has 1 aliphatic rings. The van der Waals surface area contributed by atoms with E-state index in [1.165, 1.54) is 12.8 Å². The highest BCUT2D eigenvalue weighted by atomic mass is 127. The van der Waals surface area contributed by atoms with Gasteiger partial charge in [0, 0.05) is 23.9 Å². The Morgan fingerprint density at radius 1 is 1.42 bits per heavy atom. The number of nitrogens with zero attached hydrogens (tertiary/aromatic N) is 3. The Morgan fingerprint density at radius 3 is 2.96 bits per heavy atom. The van der Waals surface area contributed by atoms with Crippen LogP contribution in [0.4, 0.5) is 0 Å². The lowest BCUT2D eigenvalue weighted by Gasteiger charge is -2.16. The first-order valence-electron chi connectivity index (χ1n) is 7.67. The van der Waals surface area contributed by atoms with Crippen molar-refractivity contribution >= 4 is 52.2 Å². The molecule has 0 aliphatic heterocycles. The average Bonchev–Trinajstić information content (AvgIpc) is 3.15. The zero-order valence-electron chi connectivity index (χ0n) is 13.3. The fraction of sp³-hybridized carbons (Fsp3) is 0.294. The summed E-state index contributed by atoms with van der Waals surface area (Å²) in [5.41, 5.74) is 7.74. The number of guanidine groups is 1. The summed E-state index contributed by atoms with van der Waals surface area (Å²) in [6, 6.07) is 10.6. The topological polar surface area (TPSA) is 67.7 Å². The first kappa shape index (κ1) is 17.2. The van der Waals surface area contributed by atoms with Gasteiger partial charge in [0.25, 0.3) is 0 Å². The smallest absolute Gasteiger partial charge is 0.191 e. The standard InChI is InChI=1S/C17H18N4OS.HI/c1-21(12-6-7-12)17(18)19-9-16-20-13(10-23-16)15-8-11-4-2-3-5-14(11)22-15;/h2-5,8,10,12H,6-7,9H2,1H3,(H2,18,19);1H. The van der Waals surface area contributed by atoms with Crippen LogP contribution < -0.4 is 5.73 Å². The van der Waals surface area contributed by atoms with E-state index >= 15 is 0 Å². The number of hydrogen-bond acceptors (Lipinski definition) is 4. The van der Waals surface area contributed by atoms with Crippen LogP contribution in [-0.2, 0) is 6.54 Å². The maximum atomic E-state index is 6.01. The van der Waals surface area contributed by atoms with Gasteiger partial charge in [-0.3, -0.25) is 0 Å². The van der Waals surface area contributed by atoms with Gasteiger partial charge >= 0.3 is 0 Å². The molecule has 1 aromatic carbocycles. The Morgan fingerprint density at radius 2 is 2.21 bits per heavy atom. The first-order valence-corrected chi connectivity index (χ1v) is 8.55. The number of benzene rings is 1. The zero-order chi connectivity index (χ0) is 15.8. The van der Waals surface area contributed by atoms with Crippen LogP contribution in [0.25, 0.3) is 22.4 Å². The number of halogens is 1. The van der Waals surface area contributed by atoms with Crippen molar-refractivity contribution in [2.45, 2.75) is 25.4 Å². The second kappa shape index (κ2) is 7.10. The summed E-state index contributed by atoms with van der Waals surface area (Å²) < 4.78 is 5.85. The van der Waals surface area contributed by atoms with Crippen molar-refractivity contribution in [1.29, 1.82) is 0 Å². The summed E-state index contributed by atoms with van der Waals surface area (Å²) in [4.78, 5) is 11.1. The molecule has 0 amide bonds. The van der Waals surface area contributed by atoms with Gasteiger partial charge in [-0.15, -0.1) is 35.3 Å². The third kappa shape index (κ3) is 3.56. The van der Waals surface area contributed by atoms with E-state index in [-0.39, 0.29) is 24.0 Å². The molecule has 0 radical (unpaired) electrons. The van der Waals surface area contributed by atoms with Crippen LogP contribution in [0.1, 0.15) is 17.8 Å². The second-order valence-corrected chi connectivity index (χ2v) is 6.73. The molecule has 1 saturated carbocycles. The van der Waals surface area contributed by atoms with Gasteiger partial charge in [0.1, 0.15) is 16.3 Å². The van der Waals surface area contributed by atoms with Gasteiger partial charge < -0.3 is 15.1 Å². The molecule has 0 saturated heterocycles. The predicted molar refractivity (Wildman–Crippen MR) is 109 cm³/mol. The Hall–Kier alpha value is -1.61. The molecule has 4 rings (SSSR count). The summed E-state index contributed by atoms with van der Waals surface area (Å²) in [6.07, 6.45) is 2.42. The van der Waals surface area contributed by atoms with Crippen LogP contribution in [0.15, 0.2) is 45.1 Å². The monoisotopic (exact) mass is 454 g/mol. The number of rotatable bonds is 4. The maximum absolute atomic E-state index is 6.01. The predicted octanol–water partition coefficient (Wildman–Crippen LogP) is 4.08. The minimum Gasteiger partial charge on any atom is -0.454 e. The molecule has 0 atom stereocenters. The minimum absolute atomic E-state index is 0. The molecule has 1 fully saturated rings. The van der Waals surface area contributed by atoms with Gasteiger partial charge in [-0.05, 0) is 25.0 Å². The molecule has 1 aliphatic carbocycles. The van der Waals surface area contributed by atoms with Gasteiger partial charge in [-0.2, -0.15) is 0 Å². The molecule has 0 bridgehead atoms. The summed E-state index contributed by atoms with van der Waals surface area (Å²) in [5.74, 6) is 1.38. The summed E-state index contributed by atoms with van der Waals surface area (Å²) in [7, 11) is 2.00. The van der Waals surface area contributed by atoms with Crippen molar-refractivity contribution in [3.05, 3.63) is 40.7 Å². The fourth-order valence-electron chi connectivity index (χ4n) is 2.51. The lowest BCUT2D eigenvalue weighted by Crippen LogP contribution is -2.35. The average molecular weight is 454 g/mol. The lowest BCUT2D eigenvalue weighted by atomic mass is 10.2. The number of hydrogen-bond donors (Lipinski definition) is 1. The molecular formula is C17H19IN4OS. The molecule has 3 aromatic rings. The molecule has 5 nitrogen and oxygen atoms in total. The summed E-state index contributed by atoms with van der Waals surface area (Å²) in [5, 5.41) is 4.03. The normalized spacial score (nSPS) is 14.6. The van der Waals surface area contributed by atoms with Crippen LogP contribution in [0.5, 0.6) is 0 Å². The van der Waals surface area contributed by atoms with Crippen molar-refractivity contribution in [2.75, 3.05) is 7.05 Å². The summed E-state index contributed by atoms with van der Waals surface area (Å²) in [6.45, 7) is 0.508. The van der Waals surface area contributed by atoms with Crippen LogP contribution in [-0.4, -0.2) is 28.9 Å². The van der Waals surface area contributed by atoms with Crippen molar-refractivity contribution in [2.24, 2.45) is 10.7 Å². The molecule has 2 aromatic heterocycles. The number of nitrogens with two attached hydrogens (primary N) is 1. The van der Waals surface area contributed by atoms with E-state index in [4.69, 9.17) is 10.2 Å². The maximum Gasteiger partial charge on any atom is 0.191 e. The third-order valence-electron chi connectivity index (χ3n) is 4.06. The minimum atomic E-state index is 0. The van der Waals surface area contributed by atoms with E-state index in [2.05, 4.69) is 9.98 Å². The quantitative estimate of drug-likeness (QED) is 0.367. The van der Waals surface area contributed by atoms with Crippen molar-refractivity contribution in [3.8, 4) is 11.5 Å². The Labute approximate surface area is 161 Å². The highest BCUT2D eigenvalue weighted by Gasteiger charge is 2.27. The number of thiazole rings is 1. The van der Waals surface area contributed by atoms with E-state index in [0.717, 1.165) is 27.4 Å². The van der Waals surface area contributed by atoms with E-state index in [9.17, 15) is 0 Å². The second-order valence-electron chi connectivity index (χ2n) is 5.79. The third-order valence-corrected chi connectivity index (χ3v) is 4.90. The molecule has 126 valence electrons. The Bertz CT molecular complexity index is 835. The van der Waals surface area contributed by atoms with Crippen LogP contribution >= 0.6 is 35.3 Å². The number of aromatic nitrogens is 1. The van der Waals surface area contributed by atoms with Crippen LogP contribution in [0, 0.1) is 0 Å². The van der Waals surface area contributed by atoms with Crippen molar-refractivity contribution in [3.63, 3.8) is 0 Å². The number of para-hydroxylation sites is 1. The summed E-state index contributed by atoms with van der Waals surface area (Å²) >= 11 is 1.58. The van der Waals surface area contributed by atoms with Crippen LogP contribution in [0.2, 0.25) is 0 Å². The van der Waals surface area contributed by atoms with Crippen LogP contribution in [0.3, 0.4) is 0 Å². The van der Waals surface area contributed by atoms with Crippen molar-refractivity contribution < 1.29 is 4.42 Å². The molecule has 0 spiro atoms. The highest BCUT2D eigenvalue weighted by Crippen LogP contribution is 2.29. The Kier molecular flexibility index (Phi) is 5.09. The number of furan rings is 1. The molecule has 24 heavy (non-hydrogen) atoms. The van der Waals surface area contributed by atoms with Crippen molar-refractivity contribution in [1.82, 2.24) is 9.88 Å². The van der Waals surface area contributed by atoms with E-state index < -0.39 is 0 Å². The molecule has 2 heterocycles. The number of fused-ring (bicyclic) bond motifs is 1. The number of aliphatic imine (C=N–C) groups is 1. The van der Waals surface area contributed by atoms with Gasteiger partial charge in [0.2, 0.25) is 0 Å². The highest BCUT2D eigenvalue weighted by molar-refractivity contribution is 14.0. The largest absolute Gasteiger partial charge is 0.454 e. The van der Waals surface area contributed by atoms with Gasteiger partial charge in [0.15, 0.2) is 11.7 Å². The van der Waals surface area contributed by atoms with Gasteiger partial charge in [-0.1, -0.05) is 18.2 Å².